The van der Waals surface area contributed by atoms with E-state index in [-0.39, 0.29) is 5.92 Å². The summed E-state index contributed by atoms with van der Waals surface area (Å²) in [7, 11) is 0. The smallest absolute Gasteiger partial charge is 0.0724 e. The zero-order chi connectivity index (χ0) is 13.8. The molecule has 0 saturated carbocycles. The van der Waals surface area contributed by atoms with Crippen molar-refractivity contribution in [3.8, 4) is 6.07 Å². The SMILES string of the molecule is CCN(CC(C)C#N)c1ccc2ncccc2c1N. The standard InChI is InChI=1S/C15H18N4/c1-3-19(10-11(2)9-16)14-7-6-13-12(15(14)17)5-4-8-18-13/h4-8,11H,3,10,17H2,1-2H3. The Labute approximate surface area is 113 Å². The number of nitrogens with two attached hydrogens (primary N) is 1. The normalized spacial score (nSPS) is 12.1. The minimum Gasteiger partial charge on any atom is -0.396 e. The number of hydrogen-bond acceptors (Lipinski definition) is 4. The highest BCUT2D eigenvalue weighted by Gasteiger charge is 2.13. The van der Waals surface area contributed by atoms with Crippen LogP contribution in [0.2, 0.25) is 0 Å². The Morgan fingerprint density at radius 1 is 1.42 bits per heavy atom. The minimum absolute atomic E-state index is 0.0241. The van der Waals surface area contributed by atoms with Gasteiger partial charge in [-0.3, -0.25) is 4.98 Å². The quantitative estimate of drug-likeness (QED) is 0.852. The van der Waals surface area contributed by atoms with Crippen LogP contribution in [0, 0.1) is 17.2 Å². The van der Waals surface area contributed by atoms with E-state index in [0.29, 0.717) is 6.54 Å². The molecular formula is C15H18N4. The van der Waals surface area contributed by atoms with E-state index in [1.165, 1.54) is 0 Å². The molecular weight excluding hydrogens is 236 g/mol. The molecule has 0 fully saturated rings. The maximum atomic E-state index is 8.95. The third-order valence-corrected chi connectivity index (χ3v) is 3.24. The third-order valence-electron chi connectivity index (χ3n) is 3.24. The van der Waals surface area contributed by atoms with Crippen molar-refractivity contribution in [1.82, 2.24) is 4.98 Å². The van der Waals surface area contributed by atoms with E-state index in [1.54, 1.807) is 6.20 Å². The second-order valence-corrected chi connectivity index (χ2v) is 4.64. The lowest BCUT2D eigenvalue weighted by Gasteiger charge is -2.26. The van der Waals surface area contributed by atoms with Crippen molar-refractivity contribution in [1.29, 1.82) is 5.26 Å². The molecule has 0 bridgehead atoms. The fourth-order valence-corrected chi connectivity index (χ4v) is 2.21. The molecule has 0 saturated heterocycles. The lowest BCUT2D eigenvalue weighted by atomic mass is 10.1. The number of aromatic nitrogens is 1. The van der Waals surface area contributed by atoms with E-state index < -0.39 is 0 Å². The number of nitrogen functional groups attached to an aromatic ring is 1. The van der Waals surface area contributed by atoms with Gasteiger partial charge in [0.2, 0.25) is 0 Å². The summed E-state index contributed by atoms with van der Waals surface area (Å²) in [6.45, 7) is 5.49. The second-order valence-electron chi connectivity index (χ2n) is 4.64. The van der Waals surface area contributed by atoms with Gasteiger partial charge >= 0.3 is 0 Å². The van der Waals surface area contributed by atoms with Gasteiger partial charge in [-0.25, -0.2) is 0 Å². The van der Waals surface area contributed by atoms with Gasteiger partial charge < -0.3 is 10.6 Å². The molecule has 1 aromatic heterocycles. The van der Waals surface area contributed by atoms with Crippen LogP contribution in [0.3, 0.4) is 0 Å². The van der Waals surface area contributed by atoms with Gasteiger partial charge in [-0.2, -0.15) is 5.26 Å². The van der Waals surface area contributed by atoms with Crippen molar-refractivity contribution in [2.45, 2.75) is 13.8 Å². The second kappa shape index (κ2) is 5.57. The van der Waals surface area contributed by atoms with Crippen LogP contribution < -0.4 is 10.6 Å². The maximum absolute atomic E-state index is 8.95. The number of nitriles is 1. The van der Waals surface area contributed by atoms with Crippen LogP contribution in [0.1, 0.15) is 13.8 Å². The molecule has 1 aromatic carbocycles. The molecule has 0 aliphatic heterocycles. The van der Waals surface area contributed by atoms with Crippen molar-refractivity contribution < 1.29 is 0 Å². The first-order valence-electron chi connectivity index (χ1n) is 6.45. The van der Waals surface area contributed by atoms with Crippen LogP contribution in [0.15, 0.2) is 30.5 Å². The summed E-state index contributed by atoms with van der Waals surface area (Å²) in [6, 6.07) is 10.1. The summed E-state index contributed by atoms with van der Waals surface area (Å²) in [5, 5.41) is 9.91. The van der Waals surface area contributed by atoms with Gasteiger partial charge in [-0.05, 0) is 38.1 Å². The van der Waals surface area contributed by atoms with E-state index in [2.05, 4.69) is 22.9 Å². The number of pyridine rings is 1. The highest BCUT2D eigenvalue weighted by atomic mass is 15.1. The number of rotatable bonds is 4. The summed E-state index contributed by atoms with van der Waals surface area (Å²) in [6.07, 6.45) is 1.76. The number of fused-ring (bicyclic) bond motifs is 1. The Morgan fingerprint density at radius 3 is 2.89 bits per heavy atom. The Kier molecular flexibility index (Phi) is 3.86. The van der Waals surface area contributed by atoms with Gasteiger partial charge in [-0.15, -0.1) is 0 Å². The molecule has 4 heteroatoms. The Hall–Kier alpha value is -2.28. The largest absolute Gasteiger partial charge is 0.396 e. The Bertz CT molecular complexity index is 615. The minimum atomic E-state index is -0.0241. The topological polar surface area (TPSA) is 65.9 Å². The fraction of sp³-hybridized carbons (Fsp3) is 0.333. The molecule has 0 amide bonds. The van der Waals surface area contributed by atoms with Gasteiger partial charge in [0.05, 0.1) is 28.9 Å². The van der Waals surface area contributed by atoms with Crippen LogP contribution in [-0.4, -0.2) is 18.1 Å². The van der Waals surface area contributed by atoms with Crippen LogP contribution in [-0.2, 0) is 0 Å². The fourth-order valence-electron chi connectivity index (χ4n) is 2.21. The first kappa shape index (κ1) is 13.2. The molecule has 4 nitrogen and oxygen atoms in total. The first-order valence-corrected chi connectivity index (χ1v) is 6.45. The van der Waals surface area contributed by atoms with Gasteiger partial charge in [0.15, 0.2) is 0 Å². The molecule has 98 valence electrons. The predicted molar refractivity (Wildman–Crippen MR) is 78.8 cm³/mol. The third kappa shape index (κ3) is 2.60. The van der Waals surface area contributed by atoms with E-state index in [9.17, 15) is 0 Å². The Balaban J connectivity index is 2.44. The molecule has 19 heavy (non-hydrogen) atoms. The molecule has 1 unspecified atom stereocenters. The van der Waals surface area contributed by atoms with Crippen molar-refractivity contribution in [2.75, 3.05) is 23.7 Å². The summed E-state index contributed by atoms with van der Waals surface area (Å²) in [4.78, 5) is 6.43. The van der Waals surface area contributed by atoms with Gasteiger partial charge in [0.1, 0.15) is 0 Å². The highest BCUT2D eigenvalue weighted by molar-refractivity contribution is 5.97. The predicted octanol–water partition coefficient (Wildman–Crippen LogP) is 2.80. The number of benzene rings is 1. The van der Waals surface area contributed by atoms with Crippen LogP contribution >= 0.6 is 0 Å². The maximum Gasteiger partial charge on any atom is 0.0724 e. The molecule has 2 rings (SSSR count). The molecule has 2 N–H and O–H groups in total. The molecule has 0 aliphatic rings. The zero-order valence-corrected chi connectivity index (χ0v) is 11.3. The number of anilines is 2. The highest BCUT2D eigenvalue weighted by Crippen LogP contribution is 2.30. The Morgan fingerprint density at radius 2 is 2.21 bits per heavy atom. The van der Waals surface area contributed by atoms with Gasteiger partial charge in [0, 0.05) is 24.7 Å². The van der Waals surface area contributed by atoms with Crippen LogP contribution in [0.4, 0.5) is 11.4 Å². The molecule has 1 atom stereocenters. The molecule has 0 spiro atoms. The van der Waals surface area contributed by atoms with Crippen molar-refractivity contribution >= 4 is 22.3 Å². The van der Waals surface area contributed by atoms with E-state index in [0.717, 1.165) is 28.8 Å². The van der Waals surface area contributed by atoms with E-state index in [4.69, 9.17) is 11.0 Å². The summed E-state index contributed by atoms with van der Waals surface area (Å²) in [5.74, 6) is -0.0241. The van der Waals surface area contributed by atoms with Crippen LogP contribution in [0.25, 0.3) is 10.9 Å². The first-order chi connectivity index (χ1) is 9.17. The lowest BCUT2D eigenvalue weighted by Crippen LogP contribution is -2.28. The van der Waals surface area contributed by atoms with E-state index >= 15 is 0 Å². The average molecular weight is 254 g/mol. The average Bonchev–Trinajstić information content (AvgIpc) is 2.45. The summed E-state index contributed by atoms with van der Waals surface area (Å²) in [5.41, 5.74) is 8.86. The van der Waals surface area contributed by atoms with Gasteiger partial charge in [-0.1, -0.05) is 0 Å². The number of hydrogen-bond donors (Lipinski definition) is 1. The van der Waals surface area contributed by atoms with E-state index in [1.807, 2.05) is 31.2 Å². The van der Waals surface area contributed by atoms with Crippen molar-refractivity contribution in [3.05, 3.63) is 30.5 Å². The molecule has 2 aromatic rings. The monoisotopic (exact) mass is 254 g/mol. The van der Waals surface area contributed by atoms with Gasteiger partial charge in [0.25, 0.3) is 0 Å². The zero-order valence-electron chi connectivity index (χ0n) is 11.3. The molecule has 0 radical (unpaired) electrons. The lowest BCUT2D eigenvalue weighted by molar-refractivity contribution is 0.687. The summed E-state index contributed by atoms with van der Waals surface area (Å²) < 4.78 is 0. The van der Waals surface area contributed by atoms with Crippen molar-refractivity contribution in [3.63, 3.8) is 0 Å². The number of nitrogens with zero attached hydrogens (tertiary/aromatic N) is 3. The van der Waals surface area contributed by atoms with Crippen LogP contribution in [0.5, 0.6) is 0 Å². The van der Waals surface area contributed by atoms with Crippen molar-refractivity contribution in [2.24, 2.45) is 5.92 Å². The molecule has 0 aliphatic carbocycles. The molecule has 1 heterocycles. The summed E-state index contributed by atoms with van der Waals surface area (Å²) >= 11 is 0.